The van der Waals surface area contributed by atoms with Gasteiger partial charge in [-0.2, -0.15) is 11.8 Å². The summed E-state index contributed by atoms with van der Waals surface area (Å²) in [4.78, 5) is 0. The van der Waals surface area contributed by atoms with E-state index in [1.54, 1.807) is 0 Å². The van der Waals surface area contributed by atoms with Gasteiger partial charge in [-0.05, 0) is 61.1 Å². The van der Waals surface area contributed by atoms with Crippen LogP contribution in [0.3, 0.4) is 0 Å². The summed E-state index contributed by atoms with van der Waals surface area (Å²) >= 11 is 2.11. The molecule has 0 radical (unpaired) electrons. The number of nitrogens with one attached hydrogen (secondary N) is 1. The average molecular weight is 263 g/mol. The lowest BCUT2D eigenvalue weighted by Gasteiger charge is -2.27. The largest absolute Gasteiger partial charge is 0.508 e. The maximum atomic E-state index is 9.55. The van der Waals surface area contributed by atoms with Crippen LogP contribution in [0.2, 0.25) is 0 Å². The topological polar surface area (TPSA) is 32.3 Å². The van der Waals surface area contributed by atoms with E-state index in [4.69, 9.17) is 0 Å². The van der Waals surface area contributed by atoms with Crippen LogP contribution in [0.1, 0.15) is 42.9 Å². The van der Waals surface area contributed by atoms with Crippen LogP contribution in [0.25, 0.3) is 0 Å². The molecular weight excluding hydrogens is 242 g/mol. The molecule has 1 aliphatic carbocycles. The van der Waals surface area contributed by atoms with Crippen molar-refractivity contribution in [3.63, 3.8) is 0 Å². The average Bonchev–Trinajstić information content (AvgIpc) is 2.89. The Hall–Kier alpha value is -0.670. The number of rotatable bonds is 3. The van der Waals surface area contributed by atoms with Crippen molar-refractivity contribution in [2.75, 3.05) is 12.3 Å². The summed E-state index contributed by atoms with van der Waals surface area (Å²) in [6, 6.07) is 6.36. The Morgan fingerprint density at radius 2 is 2.22 bits per heavy atom. The maximum absolute atomic E-state index is 9.55. The van der Waals surface area contributed by atoms with Gasteiger partial charge in [0.05, 0.1) is 0 Å². The zero-order chi connectivity index (χ0) is 12.4. The molecule has 1 aromatic rings. The number of phenols is 1. The first kappa shape index (κ1) is 12.4. The maximum Gasteiger partial charge on any atom is 0.115 e. The zero-order valence-corrected chi connectivity index (χ0v) is 11.5. The van der Waals surface area contributed by atoms with Crippen molar-refractivity contribution in [3.05, 3.63) is 29.3 Å². The van der Waals surface area contributed by atoms with Gasteiger partial charge in [0.25, 0.3) is 0 Å². The Morgan fingerprint density at radius 3 is 3.06 bits per heavy atom. The minimum Gasteiger partial charge on any atom is -0.508 e. The quantitative estimate of drug-likeness (QED) is 0.878. The molecule has 2 nitrogen and oxygen atoms in total. The standard InChI is InChI=1S/C15H21NOS/c17-12-6-7-14-11(9-12)3-1-5-15(14)16-10-13-4-2-8-18-13/h6-7,9,13,15-17H,1-5,8,10H2. The predicted molar refractivity (Wildman–Crippen MR) is 77.3 cm³/mol. The smallest absolute Gasteiger partial charge is 0.115 e. The second kappa shape index (κ2) is 5.54. The molecule has 0 spiro atoms. The summed E-state index contributed by atoms with van der Waals surface area (Å²) in [7, 11) is 0. The van der Waals surface area contributed by atoms with Gasteiger partial charge < -0.3 is 10.4 Å². The Labute approximate surface area is 113 Å². The Kier molecular flexibility index (Phi) is 3.80. The van der Waals surface area contributed by atoms with Gasteiger partial charge in [0.1, 0.15) is 5.75 Å². The lowest BCUT2D eigenvalue weighted by Crippen LogP contribution is -2.30. The fourth-order valence-electron chi connectivity index (χ4n) is 3.09. The van der Waals surface area contributed by atoms with Gasteiger partial charge in [-0.1, -0.05) is 6.07 Å². The molecule has 0 aromatic heterocycles. The molecule has 1 heterocycles. The van der Waals surface area contributed by atoms with Gasteiger partial charge in [0.2, 0.25) is 0 Å². The summed E-state index contributed by atoms with van der Waals surface area (Å²) in [5, 5.41) is 14.1. The third-order valence-electron chi connectivity index (χ3n) is 4.06. The second-order valence-electron chi connectivity index (χ2n) is 5.37. The van der Waals surface area contributed by atoms with Gasteiger partial charge in [-0.15, -0.1) is 0 Å². The molecule has 1 fully saturated rings. The molecule has 0 saturated carbocycles. The monoisotopic (exact) mass is 263 g/mol. The molecule has 1 aromatic carbocycles. The number of aromatic hydroxyl groups is 1. The zero-order valence-electron chi connectivity index (χ0n) is 10.7. The van der Waals surface area contributed by atoms with E-state index in [-0.39, 0.29) is 0 Å². The van der Waals surface area contributed by atoms with Crippen LogP contribution in [0.5, 0.6) is 5.75 Å². The Balaban J connectivity index is 1.67. The summed E-state index contributed by atoms with van der Waals surface area (Å²) < 4.78 is 0. The Bertz CT molecular complexity index is 415. The van der Waals surface area contributed by atoms with Crippen LogP contribution in [0, 0.1) is 0 Å². The highest BCUT2D eigenvalue weighted by Gasteiger charge is 2.22. The van der Waals surface area contributed by atoms with Crippen molar-refractivity contribution in [3.8, 4) is 5.75 Å². The molecule has 2 atom stereocenters. The minimum absolute atomic E-state index is 0.403. The van der Waals surface area contributed by atoms with Crippen LogP contribution >= 0.6 is 11.8 Å². The van der Waals surface area contributed by atoms with Gasteiger partial charge in [-0.3, -0.25) is 0 Å². The number of hydrogen-bond donors (Lipinski definition) is 2. The first-order chi connectivity index (χ1) is 8.83. The number of aryl methyl sites for hydroxylation is 1. The van der Waals surface area contributed by atoms with E-state index in [9.17, 15) is 5.11 Å². The fourth-order valence-corrected chi connectivity index (χ4v) is 4.31. The fraction of sp³-hybridized carbons (Fsp3) is 0.600. The van der Waals surface area contributed by atoms with E-state index in [1.807, 2.05) is 12.1 Å². The summed E-state index contributed by atoms with van der Waals surface area (Å²) in [6.07, 6.45) is 6.32. The van der Waals surface area contributed by atoms with Crippen molar-refractivity contribution in [1.29, 1.82) is 0 Å². The van der Waals surface area contributed by atoms with E-state index in [2.05, 4.69) is 23.1 Å². The van der Waals surface area contributed by atoms with Gasteiger partial charge in [-0.25, -0.2) is 0 Å². The molecule has 1 saturated heterocycles. The van der Waals surface area contributed by atoms with Crippen molar-refractivity contribution in [2.24, 2.45) is 0 Å². The Morgan fingerprint density at radius 1 is 1.28 bits per heavy atom. The lowest BCUT2D eigenvalue weighted by atomic mass is 9.87. The molecule has 2 aliphatic rings. The molecule has 18 heavy (non-hydrogen) atoms. The number of phenolic OH excluding ortho intramolecular Hbond substituents is 1. The highest BCUT2D eigenvalue weighted by Crippen LogP contribution is 2.33. The summed E-state index contributed by atoms with van der Waals surface area (Å²) in [5.41, 5.74) is 2.74. The minimum atomic E-state index is 0.403. The normalized spacial score (nSPS) is 27.1. The van der Waals surface area contributed by atoms with Crippen LogP contribution in [-0.4, -0.2) is 22.7 Å². The van der Waals surface area contributed by atoms with E-state index in [1.165, 1.54) is 42.6 Å². The van der Waals surface area contributed by atoms with Crippen LogP contribution in [0.4, 0.5) is 0 Å². The van der Waals surface area contributed by atoms with Crippen molar-refractivity contribution in [1.82, 2.24) is 5.32 Å². The van der Waals surface area contributed by atoms with E-state index >= 15 is 0 Å². The van der Waals surface area contributed by atoms with Crippen LogP contribution < -0.4 is 5.32 Å². The lowest BCUT2D eigenvalue weighted by molar-refractivity contribution is 0.448. The van der Waals surface area contributed by atoms with Crippen molar-refractivity contribution >= 4 is 11.8 Å². The summed E-state index contributed by atoms with van der Waals surface area (Å²) in [6.45, 7) is 1.13. The molecule has 2 unspecified atom stereocenters. The molecule has 3 rings (SSSR count). The molecule has 3 heteroatoms. The van der Waals surface area contributed by atoms with Crippen molar-refractivity contribution < 1.29 is 5.11 Å². The van der Waals surface area contributed by atoms with Gasteiger partial charge >= 0.3 is 0 Å². The molecule has 0 amide bonds. The van der Waals surface area contributed by atoms with Gasteiger partial charge in [0, 0.05) is 17.8 Å². The van der Waals surface area contributed by atoms with E-state index in [0.29, 0.717) is 11.8 Å². The summed E-state index contributed by atoms with van der Waals surface area (Å²) in [5.74, 6) is 1.74. The predicted octanol–water partition coefficient (Wildman–Crippen LogP) is 3.25. The van der Waals surface area contributed by atoms with Crippen LogP contribution in [-0.2, 0) is 6.42 Å². The molecule has 0 bridgehead atoms. The third kappa shape index (κ3) is 2.67. The SMILES string of the molecule is Oc1ccc2c(c1)CCCC2NCC1CCCS1. The number of hydrogen-bond acceptors (Lipinski definition) is 3. The molecule has 1 aliphatic heterocycles. The van der Waals surface area contributed by atoms with E-state index < -0.39 is 0 Å². The second-order valence-corrected chi connectivity index (χ2v) is 6.78. The first-order valence-corrected chi connectivity index (χ1v) is 8.04. The van der Waals surface area contributed by atoms with Crippen molar-refractivity contribution in [2.45, 2.75) is 43.4 Å². The number of thioether (sulfide) groups is 1. The molecule has 2 N–H and O–H groups in total. The number of fused-ring (bicyclic) bond motifs is 1. The first-order valence-electron chi connectivity index (χ1n) is 7.00. The highest BCUT2D eigenvalue weighted by molar-refractivity contribution is 8.00. The number of benzene rings is 1. The third-order valence-corrected chi connectivity index (χ3v) is 5.45. The van der Waals surface area contributed by atoms with Crippen LogP contribution in [0.15, 0.2) is 18.2 Å². The molecular formula is C15H21NOS. The van der Waals surface area contributed by atoms with Gasteiger partial charge in [0.15, 0.2) is 0 Å². The highest BCUT2D eigenvalue weighted by atomic mass is 32.2. The molecule has 98 valence electrons. The van der Waals surface area contributed by atoms with E-state index in [0.717, 1.165) is 18.2 Å².